The summed E-state index contributed by atoms with van der Waals surface area (Å²) in [6.45, 7) is 11.4. The number of ether oxygens (including phenoxy) is 1. The van der Waals surface area contributed by atoms with Crippen molar-refractivity contribution in [3.8, 4) is 0 Å². The predicted molar refractivity (Wildman–Crippen MR) is 61.5 cm³/mol. The van der Waals surface area contributed by atoms with E-state index in [9.17, 15) is 0 Å². The van der Waals surface area contributed by atoms with Gasteiger partial charge in [0.1, 0.15) is 0 Å². The lowest BCUT2D eigenvalue weighted by atomic mass is 9.67. The van der Waals surface area contributed by atoms with E-state index < -0.39 is 0 Å². The summed E-state index contributed by atoms with van der Waals surface area (Å²) in [6.07, 6.45) is 6.61. The van der Waals surface area contributed by atoms with E-state index >= 15 is 0 Å². The first kappa shape index (κ1) is 12.0. The summed E-state index contributed by atoms with van der Waals surface area (Å²) in [4.78, 5) is 0. The van der Waals surface area contributed by atoms with E-state index in [1.807, 2.05) is 0 Å². The molecule has 1 nitrogen and oxygen atoms in total. The minimum atomic E-state index is 0.465. The first-order valence-corrected chi connectivity index (χ1v) is 6.05. The maximum absolute atomic E-state index is 5.49. The molecule has 0 amide bonds. The molecule has 0 aromatic carbocycles. The molecule has 0 aromatic heterocycles. The second-order valence-electron chi connectivity index (χ2n) is 6.10. The Hall–Kier alpha value is -0.0400. The van der Waals surface area contributed by atoms with E-state index in [0.29, 0.717) is 10.8 Å². The summed E-state index contributed by atoms with van der Waals surface area (Å²) in [6, 6.07) is 0. The molecule has 0 bridgehead atoms. The first-order valence-electron chi connectivity index (χ1n) is 6.05. The Morgan fingerprint density at radius 2 is 1.71 bits per heavy atom. The van der Waals surface area contributed by atoms with E-state index in [0.717, 1.165) is 13.2 Å². The molecule has 1 heteroatoms. The van der Waals surface area contributed by atoms with Crippen LogP contribution in [0.4, 0.5) is 0 Å². The van der Waals surface area contributed by atoms with Gasteiger partial charge in [0, 0.05) is 13.2 Å². The monoisotopic (exact) mass is 198 g/mol. The molecule has 1 rings (SSSR count). The normalized spacial score (nSPS) is 22.3. The van der Waals surface area contributed by atoms with Gasteiger partial charge in [0.2, 0.25) is 0 Å². The van der Waals surface area contributed by atoms with Gasteiger partial charge < -0.3 is 4.74 Å². The molecule has 0 radical (unpaired) electrons. The zero-order valence-corrected chi connectivity index (χ0v) is 10.4. The molecule has 14 heavy (non-hydrogen) atoms. The molecule has 0 saturated carbocycles. The van der Waals surface area contributed by atoms with Crippen LogP contribution in [0.5, 0.6) is 0 Å². The van der Waals surface area contributed by atoms with Gasteiger partial charge in [0.25, 0.3) is 0 Å². The average Bonchev–Trinajstić information content (AvgIpc) is 2.02. The molecular weight excluding hydrogens is 172 g/mol. The quantitative estimate of drug-likeness (QED) is 0.665. The number of hydrogen-bond acceptors (Lipinski definition) is 1. The molecule has 84 valence electrons. The Balaban J connectivity index is 2.60. The second-order valence-corrected chi connectivity index (χ2v) is 6.10. The number of rotatable bonds is 3. The molecule has 0 N–H and O–H groups in total. The Morgan fingerprint density at radius 1 is 1.14 bits per heavy atom. The zero-order chi connectivity index (χ0) is 10.7. The predicted octanol–water partition coefficient (Wildman–Crippen LogP) is 4.02. The van der Waals surface area contributed by atoms with Crippen molar-refractivity contribution in [3.63, 3.8) is 0 Å². The molecule has 1 heterocycles. The molecule has 0 aromatic rings. The minimum Gasteiger partial charge on any atom is -0.381 e. The van der Waals surface area contributed by atoms with Crippen LogP contribution in [0.3, 0.4) is 0 Å². The van der Waals surface area contributed by atoms with Crippen molar-refractivity contribution in [1.82, 2.24) is 0 Å². The van der Waals surface area contributed by atoms with E-state index in [1.165, 1.54) is 32.1 Å². The molecule has 1 aliphatic rings. The molecule has 1 fully saturated rings. The molecule has 0 spiro atoms. The third-order valence-electron chi connectivity index (χ3n) is 3.24. The summed E-state index contributed by atoms with van der Waals surface area (Å²) < 4.78 is 5.49. The fourth-order valence-corrected chi connectivity index (χ4v) is 2.97. The first-order chi connectivity index (χ1) is 6.47. The fourth-order valence-electron chi connectivity index (χ4n) is 2.97. The van der Waals surface area contributed by atoms with Crippen molar-refractivity contribution in [2.24, 2.45) is 10.8 Å². The SMILES string of the molecule is CCCC1(CC(C)(C)C)CCOCC1. The highest BCUT2D eigenvalue weighted by molar-refractivity contribution is 4.85. The third-order valence-corrected chi connectivity index (χ3v) is 3.24. The highest BCUT2D eigenvalue weighted by Gasteiger charge is 2.35. The highest BCUT2D eigenvalue weighted by atomic mass is 16.5. The summed E-state index contributed by atoms with van der Waals surface area (Å²) in [5, 5.41) is 0. The lowest BCUT2D eigenvalue weighted by Gasteiger charge is -2.41. The topological polar surface area (TPSA) is 9.23 Å². The van der Waals surface area contributed by atoms with Crippen molar-refractivity contribution < 1.29 is 4.74 Å². The smallest absolute Gasteiger partial charge is 0.0471 e. The van der Waals surface area contributed by atoms with E-state index in [-0.39, 0.29) is 0 Å². The van der Waals surface area contributed by atoms with Gasteiger partial charge in [0.15, 0.2) is 0 Å². The molecule has 0 unspecified atom stereocenters. The second kappa shape index (κ2) is 4.65. The van der Waals surface area contributed by atoms with Crippen molar-refractivity contribution in [1.29, 1.82) is 0 Å². The van der Waals surface area contributed by atoms with Crippen molar-refractivity contribution >= 4 is 0 Å². The van der Waals surface area contributed by atoms with E-state index in [2.05, 4.69) is 27.7 Å². The Labute approximate surface area is 89.2 Å². The van der Waals surface area contributed by atoms with E-state index in [4.69, 9.17) is 4.74 Å². The number of hydrogen-bond donors (Lipinski definition) is 0. The maximum Gasteiger partial charge on any atom is 0.0471 e. The fraction of sp³-hybridized carbons (Fsp3) is 1.00. The van der Waals surface area contributed by atoms with Crippen LogP contribution in [0.2, 0.25) is 0 Å². The standard InChI is InChI=1S/C13H26O/c1-5-6-13(11-12(2,3)4)7-9-14-10-8-13/h5-11H2,1-4H3. The summed E-state index contributed by atoms with van der Waals surface area (Å²) in [5.74, 6) is 0. The van der Waals surface area contributed by atoms with Gasteiger partial charge in [-0.1, -0.05) is 34.1 Å². The van der Waals surface area contributed by atoms with E-state index in [1.54, 1.807) is 0 Å². The van der Waals surface area contributed by atoms with Crippen molar-refractivity contribution in [2.45, 2.75) is 59.8 Å². The van der Waals surface area contributed by atoms with Gasteiger partial charge in [-0.25, -0.2) is 0 Å². The molecule has 0 atom stereocenters. The van der Waals surface area contributed by atoms with Crippen LogP contribution in [0.15, 0.2) is 0 Å². The average molecular weight is 198 g/mol. The Kier molecular flexibility index (Phi) is 4.00. The highest BCUT2D eigenvalue weighted by Crippen LogP contribution is 2.44. The van der Waals surface area contributed by atoms with Crippen LogP contribution in [0.1, 0.15) is 59.8 Å². The zero-order valence-electron chi connectivity index (χ0n) is 10.4. The maximum atomic E-state index is 5.49. The van der Waals surface area contributed by atoms with Crippen LogP contribution in [-0.2, 0) is 4.74 Å². The molecule has 1 saturated heterocycles. The summed E-state index contributed by atoms with van der Waals surface area (Å²) >= 11 is 0. The van der Waals surface area contributed by atoms with Crippen LogP contribution >= 0.6 is 0 Å². The molecule has 1 aliphatic heterocycles. The molecular formula is C13H26O. The van der Waals surface area contributed by atoms with Gasteiger partial charge in [-0.05, 0) is 36.5 Å². The lowest BCUT2D eigenvalue weighted by molar-refractivity contribution is -0.0112. The van der Waals surface area contributed by atoms with Gasteiger partial charge in [-0.2, -0.15) is 0 Å². The third kappa shape index (κ3) is 3.61. The van der Waals surface area contributed by atoms with Crippen molar-refractivity contribution in [2.75, 3.05) is 13.2 Å². The lowest BCUT2D eigenvalue weighted by Crippen LogP contribution is -2.33. The van der Waals surface area contributed by atoms with Gasteiger partial charge in [-0.3, -0.25) is 0 Å². The summed E-state index contributed by atoms with van der Waals surface area (Å²) in [5.41, 5.74) is 1.05. The van der Waals surface area contributed by atoms with Crippen LogP contribution in [-0.4, -0.2) is 13.2 Å². The van der Waals surface area contributed by atoms with Gasteiger partial charge >= 0.3 is 0 Å². The van der Waals surface area contributed by atoms with Gasteiger partial charge in [-0.15, -0.1) is 0 Å². The Morgan fingerprint density at radius 3 is 2.14 bits per heavy atom. The minimum absolute atomic E-state index is 0.465. The van der Waals surface area contributed by atoms with Crippen LogP contribution < -0.4 is 0 Å². The largest absolute Gasteiger partial charge is 0.381 e. The summed E-state index contributed by atoms with van der Waals surface area (Å²) in [7, 11) is 0. The molecule has 0 aliphatic carbocycles. The van der Waals surface area contributed by atoms with Gasteiger partial charge in [0.05, 0.1) is 0 Å². The Bertz CT molecular complexity index is 155. The van der Waals surface area contributed by atoms with Crippen LogP contribution in [0.25, 0.3) is 0 Å². The van der Waals surface area contributed by atoms with Crippen molar-refractivity contribution in [3.05, 3.63) is 0 Å². The van der Waals surface area contributed by atoms with Crippen LogP contribution in [0, 0.1) is 10.8 Å².